The van der Waals surface area contributed by atoms with Gasteiger partial charge in [-0.3, -0.25) is 0 Å². The summed E-state index contributed by atoms with van der Waals surface area (Å²) in [7, 11) is 0. The van der Waals surface area contributed by atoms with Crippen LogP contribution >= 0.6 is 0 Å². The van der Waals surface area contributed by atoms with Crippen LogP contribution in [0.3, 0.4) is 0 Å². The van der Waals surface area contributed by atoms with Gasteiger partial charge < -0.3 is 10.1 Å². The molecule has 0 aliphatic heterocycles. The lowest BCUT2D eigenvalue weighted by Gasteiger charge is -2.14. The molecule has 3 aromatic rings. The Morgan fingerprint density at radius 1 is 0.886 bits per heavy atom. The summed E-state index contributed by atoms with van der Waals surface area (Å²) in [6.45, 7) is 22.5. The molecule has 0 aromatic heterocycles. The van der Waals surface area contributed by atoms with Gasteiger partial charge in [-0.15, -0.1) is 6.58 Å². The number of aryl methyl sites for hydroxylation is 4. The van der Waals surface area contributed by atoms with Crippen molar-refractivity contribution in [2.45, 2.75) is 61.5 Å². The van der Waals surface area contributed by atoms with Gasteiger partial charge in [0.1, 0.15) is 12.4 Å². The summed E-state index contributed by atoms with van der Waals surface area (Å²) < 4.78 is 5.99. The fraction of sp³-hybridized carbons (Fsp3) is 0.273. The van der Waals surface area contributed by atoms with E-state index in [2.05, 4.69) is 94.7 Å². The zero-order valence-corrected chi connectivity index (χ0v) is 22.7. The average molecular weight is 470 g/mol. The Morgan fingerprint density at radius 3 is 1.91 bits per heavy atom. The zero-order valence-electron chi connectivity index (χ0n) is 22.7. The lowest BCUT2D eigenvalue weighted by molar-refractivity contribution is 0.305. The minimum Gasteiger partial charge on any atom is -0.489 e. The van der Waals surface area contributed by atoms with Crippen LogP contribution < -0.4 is 10.1 Å². The van der Waals surface area contributed by atoms with E-state index in [-0.39, 0.29) is 0 Å². The number of allylic oxidation sites excluding steroid dienone is 3. The molecule has 0 aliphatic rings. The van der Waals surface area contributed by atoms with Crippen molar-refractivity contribution in [1.82, 2.24) is 5.32 Å². The Kier molecular flexibility index (Phi) is 13.6. The molecule has 0 saturated carbocycles. The van der Waals surface area contributed by atoms with E-state index in [0.29, 0.717) is 6.61 Å². The molecule has 0 fully saturated rings. The molecule has 3 aromatic carbocycles. The van der Waals surface area contributed by atoms with E-state index in [1.807, 2.05) is 45.0 Å². The second kappa shape index (κ2) is 16.2. The molecule has 0 spiro atoms. The Labute approximate surface area is 214 Å². The number of hydrogen-bond acceptors (Lipinski definition) is 2. The molecule has 0 bridgehead atoms. The monoisotopic (exact) mass is 469 g/mol. The molecule has 0 amide bonds. The Morgan fingerprint density at radius 2 is 1.43 bits per heavy atom. The van der Waals surface area contributed by atoms with Gasteiger partial charge in [0.25, 0.3) is 0 Å². The van der Waals surface area contributed by atoms with E-state index in [9.17, 15) is 0 Å². The topological polar surface area (TPSA) is 21.3 Å². The molecule has 0 heterocycles. The molecule has 1 N–H and O–H groups in total. The molecule has 0 saturated heterocycles. The molecule has 0 unspecified atom stereocenters. The summed E-state index contributed by atoms with van der Waals surface area (Å²) in [5.41, 5.74) is 9.48. The van der Waals surface area contributed by atoms with Gasteiger partial charge in [0.2, 0.25) is 0 Å². The summed E-state index contributed by atoms with van der Waals surface area (Å²) in [6, 6.07) is 23.0. The number of hydrogen-bond donors (Lipinski definition) is 1. The molecule has 186 valence electrons. The minimum absolute atomic E-state index is 0.573. The van der Waals surface area contributed by atoms with E-state index < -0.39 is 0 Å². The van der Waals surface area contributed by atoms with E-state index in [1.54, 1.807) is 6.08 Å². The maximum Gasteiger partial charge on any atom is 0.120 e. The summed E-state index contributed by atoms with van der Waals surface area (Å²) in [4.78, 5) is 0. The average Bonchev–Trinajstić information content (AvgIpc) is 2.84. The molecule has 0 aliphatic carbocycles. The molecule has 2 heteroatoms. The smallest absolute Gasteiger partial charge is 0.120 e. The predicted octanol–water partition coefficient (Wildman–Crippen LogP) is 9.12. The summed E-state index contributed by atoms with van der Waals surface area (Å²) >= 11 is 0. The van der Waals surface area contributed by atoms with Gasteiger partial charge in [0.15, 0.2) is 0 Å². The lowest BCUT2D eigenvalue weighted by atomic mass is 10.1. The Bertz CT molecular complexity index is 1110. The summed E-state index contributed by atoms with van der Waals surface area (Å²) in [5.74, 6) is 0.865. The van der Waals surface area contributed by atoms with E-state index in [1.165, 1.54) is 22.3 Å². The lowest BCUT2D eigenvalue weighted by Crippen LogP contribution is -2.08. The predicted molar refractivity (Wildman–Crippen MR) is 155 cm³/mol. The van der Waals surface area contributed by atoms with Crippen LogP contribution in [0.15, 0.2) is 97.7 Å². The van der Waals surface area contributed by atoms with Gasteiger partial charge in [-0.25, -0.2) is 0 Å². The molecular weight excluding hydrogens is 426 g/mol. The second-order valence-corrected chi connectivity index (χ2v) is 8.51. The number of ether oxygens (including phenoxy) is 1. The third-order valence-electron chi connectivity index (χ3n) is 5.48. The van der Waals surface area contributed by atoms with Crippen molar-refractivity contribution in [2.75, 3.05) is 0 Å². The van der Waals surface area contributed by atoms with Gasteiger partial charge in [-0.05, 0) is 94.0 Å². The molecular formula is C33H43NO. The van der Waals surface area contributed by atoms with Crippen LogP contribution in [0.2, 0.25) is 0 Å². The quantitative estimate of drug-likeness (QED) is 0.348. The Hall–Kier alpha value is -3.52. The Balaban J connectivity index is 0.000000422. The maximum absolute atomic E-state index is 5.99. The zero-order chi connectivity index (χ0) is 26.2. The van der Waals surface area contributed by atoms with Gasteiger partial charge in [0, 0.05) is 17.0 Å². The van der Waals surface area contributed by atoms with Crippen molar-refractivity contribution in [1.29, 1.82) is 0 Å². The normalized spacial score (nSPS) is 10.2. The largest absolute Gasteiger partial charge is 0.489 e. The van der Waals surface area contributed by atoms with Crippen molar-refractivity contribution in [2.24, 2.45) is 0 Å². The van der Waals surface area contributed by atoms with Crippen molar-refractivity contribution in [3.8, 4) is 5.75 Å². The van der Waals surface area contributed by atoms with Crippen molar-refractivity contribution in [3.05, 3.63) is 131 Å². The van der Waals surface area contributed by atoms with Crippen LogP contribution in [0.1, 0.15) is 61.1 Å². The van der Waals surface area contributed by atoms with Gasteiger partial charge >= 0.3 is 0 Å². The van der Waals surface area contributed by atoms with E-state index in [4.69, 9.17) is 4.74 Å². The standard InChI is InChI=1S/C21H25NO.C9H12.C3H6/c1-6-17(4)22-18(5)20-11-15(2)12-21(13-20)23-14-19-10-8-7-9-16(19)3;1-3-9-7-5-4-6-8(9)2;1-3-2/h6-13,22H,5,14H2,1-4H3;4-7H,3H2,1-2H3;3H,1H2,2H3/b17-6+;;. The van der Waals surface area contributed by atoms with Crippen LogP contribution in [-0.4, -0.2) is 0 Å². The number of benzene rings is 3. The molecule has 3 rings (SSSR count). The molecule has 35 heavy (non-hydrogen) atoms. The van der Waals surface area contributed by atoms with Gasteiger partial charge in [-0.1, -0.05) is 74.2 Å². The summed E-state index contributed by atoms with van der Waals surface area (Å²) in [6.07, 6.45) is 4.92. The fourth-order valence-electron chi connectivity index (χ4n) is 3.33. The first-order valence-electron chi connectivity index (χ1n) is 12.2. The van der Waals surface area contributed by atoms with Crippen LogP contribution in [0.25, 0.3) is 5.70 Å². The van der Waals surface area contributed by atoms with Gasteiger partial charge in [0.05, 0.1) is 0 Å². The van der Waals surface area contributed by atoms with Crippen LogP contribution in [0.5, 0.6) is 5.75 Å². The van der Waals surface area contributed by atoms with E-state index in [0.717, 1.165) is 34.7 Å². The molecule has 0 radical (unpaired) electrons. The van der Waals surface area contributed by atoms with Crippen molar-refractivity contribution < 1.29 is 4.74 Å². The highest BCUT2D eigenvalue weighted by atomic mass is 16.5. The van der Waals surface area contributed by atoms with Crippen LogP contribution in [0.4, 0.5) is 0 Å². The molecule has 2 nitrogen and oxygen atoms in total. The highest BCUT2D eigenvalue weighted by Crippen LogP contribution is 2.22. The van der Waals surface area contributed by atoms with E-state index >= 15 is 0 Å². The fourth-order valence-corrected chi connectivity index (χ4v) is 3.33. The first-order chi connectivity index (χ1) is 16.7. The SMILES string of the molecule is C=C(N/C(C)=C/C)c1cc(C)cc(OCc2ccccc2C)c1.C=CC.CCc1ccccc1C. The summed E-state index contributed by atoms with van der Waals surface area (Å²) in [5, 5.41) is 3.29. The van der Waals surface area contributed by atoms with Gasteiger partial charge in [-0.2, -0.15) is 0 Å². The third kappa shape index (κ3) is 11.0. The number of rotatable bonds is 7. The highest BCUT2D eigenvalue weighted by Gasteiger charge is 2.05. The van der Waals surface area contributed by atoms with Crippen molar-refractivity contribution >= 4 is 5.70 Å². The number of nitrogens with one attached hydrogen (secondary N) is 1. The second-order valence-electron chi connectivity index (χ2n) is 8.51. The van der Waals surface area contributed by atoms with Crippen molar-refractivity contribution in [3.63, 3.8) is 0 Å². The maximum atomic E-state index is 5.99. The van der Waals surface area contributed by atoms with Crippen LogP contribution in [-0.2, 0) is 13.0 Å². The van der Waals surface area contributed by atoms with Crippen LogP contribution in [0, 0.1) is 20.8 Å². The first kappa shape index (κ1) is 29.5. The third-order valence-corrected chi connectivity index (χ3v) is 5.48. The minimum atomic E-state index is 0.573. The molecule has 0 atom stereocenters. The first-order valence-corrected chi connectivity index (χ1v) is 12.2. The highest BCUT2D eigenvalue weighted by molar-refractivity contribution is 5.65.